The van der Waals surface area contributed by atoms with E-state index in [4.69, 9.17) is 0 Å². The van der Waals surface area contributed by atoms with E-state index >= 15 is 0 Å². The molecule has 2 N–H and O–H groups in total. The Hall–Kier alpha value is -2.36. The largest absolute Gasteiger partial charge is 0.385 e. The van der Waals surface area contributed by atoms with E-state index < -0.39 is 0 Å². The van der Waals surface area contributed by atoms with Crippen molar-refractivity contribution in [3.63, 3.8) is 0 Å². The molecule has 4 heteroatoms. The minimum atomic E-state index is 0.913. The first kappa shape index (κ1) is 10.6. The average molecular weight is 250 g/mol. The van der Waals surface area contributed by atoms with Crippen molar-refractivity contribution >= 4 is 16.7 Å². The normalized spacial score (nSPS) is 14.1. The topological polar surface area (TPSA) is 53.6 Å². The molecule has 0 saturated carbocycles. The maximum absolute atomic E-state index is 4.62. The molecule has 0 saturated heterocycles. The molecule has 19 heavy (non-hydrogen) atoms. The van der Waals surface area contributed by atoms with Gasteiger partial charge in [-0.15, -0.1) is 0 Å². The van der Waals surface area contributed by atoms with Crippen LogP contribution in [0.1, 0.15) is 12.0 Å². The summed E-state index contributed by atoms with van der Waals surface area (Å²) < 4.78 is 0. The number of rotatable bonds is 1. The highest BCUT2D eigenvalue weighted by atomic mass is 14.9. The molecule has 0 unspecified atom stereocenters. The fourth-order valence-electron chi connectivity index (χ4n) is 2.62. The highest BCUT2D eigenvalue weighted by Crippen LogP contribution is 2.27. The van der Waals surface area contributed by atoms with Crippen molar-refractivity contribution in [1.29, 1.82) is 0 Å². The highest BCUT2D eigenvalue weighted by Gasteiger charge is 2.11. The number of nitrogens with one attached hydrogen (secondary N) is 2. The number of imidazole rings is 1. The van der Waals surface area contributed by atoms with Crippen molar-refractivity contribution in [3.8, 4) is 11.4 Å². The second kappa shape index (κ2) is 4.09. The van der Waals surface area contributed by atoms with Crippen LogP contribution in [0.5, 0.6) is 0 Å². The summed E-state index contributed by atoms with van der Waals surface area (Å²) in [5.41, 5.74) is 5.71. The van der Waals surface area contributed by atoms with Gasteiger partial charge in [0.25, 0.3) is 0 Å². The molecule has 3 aromatic rings. The lowest BCUT2D eigenvalue weighted by molar-refractivity contribution is 0.830. The molecule has 0 bridgehead atoms. The zero-order chi connectivity index (χ0) is 12.7. The summed E-state index contributed by atoms with van der Waals surface area (Å²) in [4.78, 5) is 12.0. The predicted octanol–water partition coefficient (Wildman–Crippen LogP) is 2.98. The van der Waals surface area contributed by atoms with Gasteiger partial charge in [0.15, 0.2) is 0 Å². The van der Waals surface area contributed by atoms with Crippen LogP contribution in [0.4, 0.5) is 5.69 Å². The van der Waals surface area contributed by atoms with Crippen molar-refractivity contribution in [2.24, 2.45) is 0 Å². The lowest BCUT2D eigenvalue weighted by Crippen LogP contribution is -2.11. The third-order valence-corrected chi connectivity index (χ3v) is 3.60. The molecule has 1 aliphatic rings. The number of aromatic nitrogens is 3. The molecule has 0 fully saturated rings. The fourth-order valence-corrected chi connectivity index (χ4v) is 2.62. The van der Waals surface area contributed by atoms with Crippen LogP contribution in [-0.4, -0.2) is 21.5 Å². The molecule has 0 spiro atoms. The van der Waals surface area contributed by atoms with E-state index in [0.717, 1.165) is 35.4 Å². The van der Waals surface area contributed by atoms with E-state index in [0.29, 0.717) is 0 Å². The number of aryl methyl sites for hydroxylation is 1. The number of H-pyrrole nitrogens is 1. The van der Waals surface area contributed by atoms with E-state index in [1.165, 1.54) is 17.7 Å². The molecule has 0 aliphatic carbocycles. The molecule has 1 aliphatic heterocycles. The van der Waals surface area contributed by atoms with Crippen molar-refractivity contribution < 1.29 is 0 Å². The number of benzene rings is 1. The van der Waals surface area contributed by atoms with Gasteiger partial charge >= 0.3 is 0 Å². The second-order valence-corrected chi connectivity index (χ2v) is 4.88. The quantitative estimate of drug-likeness (QED) is 0.698. The molecule has 0 radical (unpaired) electrons. The van der Waals surface area contributed by atoms with E-state index in [9.17, 15) is 0 Å². The Morgan fingerprint density at radius 1 is 1.16 bits per heavy atom. The molecular weight excluding hydrogens is 236 g/mol. The van der Waals surface area contributed by atoms with Gasteiger partial charge < -0.3 is 10.3 Å². The van der Waals surface area contributed by atoms with Crippen molar-refractivity contribution in [2.45, 2.75) is 12.8 Å². The number of aromatic amines is 1. The van der Waals surface area contributed by atoms with E-state index in [2.05, 4.69) is 38.5 Å². The molecule has 94 valence electrons. The molecule has 4 rings (SSSR count). The van der Waals surface area contributed by atoms with Crippen LogP contribution in [0.3, 0.4) is 0 Å². The van der Waals surface area contributed by atoms with Gasteiger partial charge in [-0.25, -0.2) is 4.98 Å². The Bertz CT molecular complexity index is 712. The summed E-state index contributed by atoms with van der Waals surface area (Å²) in [7, 11) is 0. The molecule has 1 aromatic carbocycles. The van der Waals surface area contributed by atoms with Crippen LogP contribution in [0, 0.1) is 0 Å². The van der Waals surface area contributed by atoms with Crippen LogP contribution in [0.15, 0.2) is 36.7 Å². The SMILES string of the molecule is c1cc2nc(-c3ccc4c(c3)CCCN4)[nH]c2cn1. The number of fused-ring (bicyclic) bond motifs is 2. The average Bonchev–Trinajstić information content (AvgIpc) is 2.90. The summed E-state index contributed by atoms with van der Waals surface area (Å²) in [6.07, 6.45) is 5.91. The lowest BCUT2D eigenvalue weighted by Gasteiger charge is -2.18. The Labute approximate surface area is 110 Å². The van der Waals surface area contributed by atoms with Gasteiger partial charge in [-0.1, -0.05) is 0 Å². The Kier molecular flexibility index (Phi) is 2.27. The lowest BCUT2D eigenvalue weighted by atomic mass is 10.0. The number of anilines is 1. The third-order valence-electron chi connectivity index (χ3n) is 3.60. The van der Waals surface area contributed by atoms with E-state index in [-0.39, 0.29) is 0 Å². The molecule has 0 amide bonds. The maximum atomic E-state index is 4.62. The van der Waals surface area contributed by atoms with Gasteiger partial charge in [0.05, 0.1) is 17.2 Å². The number of hydrogen-bond donors (Lipinski definition) is 2. The van der Waals surface area contributed by atoms with Crippen LogP contribution in [0.2, 0.25) is 0 Å². The molecule has 2 aromatic heterocycles. The summed E-state index contributed by atoms with van der Waals surface area (Å²) in [5.74, 6) is 0.913. The van der Waals surface area contributed by atoms with Crippen LogP contribution < -0.4 is 5.32 Å². The molecule has 4 nitrogen and oxygen atoms in total. The number of pyridine rings is 1. The minimum absolute atomic E-state index is 0.913. The van der Waals surface area contributed by atoms with Gasteiger partial charge in [0.1, 0.15) is 5.82 Å². The van der Waals surface area contributed by atoms with Crippen molar-refractivity contribution in [2.75, 3.05) is 11.9 Å². The summed E-state index contributed by atoms with van der Waals surface area (Å²) in [6.45, 7) is 1.07. The minimum Gasteiger partial charge on any atom is -0.385 e. The monoisotopic (exact) mass is 250 g/mol. The number of nitrogens with zero attached hydrogens (tertiary/aromatic N) is 2. The summed E-state index contributed by atoms with van der Waals surface area (Å²) in [5, 5.41) is 3.43. The Morgan fingerprint density at radius 3 is 3.11 bits per heavy atom. The van der Waals surface area contributed by atoms with Gasteiger partial charge in [0.2, 0.25) is 0 Å². The van der Waals surface area contributed by atoms with Gasteiger partial charge in [-0.2, -0.15) is 0 Å². The second-order valence-electron chi connectivity index (χ2n) is 4.88. The van der Waals surface area contributed by atoms with Crippen molar-refractivity contribution in [1.82, 2.24) is 15.0 Å². The predicted molar refractivity (Wildman–Crippen MR) is 76.1 cm³/mol. The van der Waals surface area contributed by atoms with Crippen LogP contribution in [0.25, 0.3) is 22.4 Å². The van der Waals surface area contributed by atoms with Gasteiger partial charge in [-0.05, 0) is 42.7 Å². The standard InChI is InChI=1S/C15H14N4/c1-2-10-8-11(3-4-12(10)17-6-1)15-18-13-5-7-16-9-14(13)19-15/h3-5,7-9,17H,1-2,6H2,(H,18,19). The van der Waals surface area contributed by atoms with Crippen LogP contribution in [-0.2, 0) is 6.42 Å². The zero-order valence-electron chi connectivity index (χ0n) is 10.5. The highest BCUT2D eigenvalue weighted by molar-refractivity contribution is 5.79. The zero-order valence-corrected chi connectivity index (χ0v) is 10.5. The fraction of sp³-hybridized carbons (Fsp3) is 0.200. The Morgan fingerprint density at radius 2 is 2.16 bits per heavy atom. The third kappa shape index (κ3) is 1.76. The Balaban J connectivity index is 1.83. The van der Waals surface area contributed by atoms with Crippen LogP contribution >= 0.6 is 0 Å². The van der Waals surface area contributed by atoms with E-state index in [1.54, 1.807) is 6.20 Å². The number of hydrogen-bond acceptors (Lipinski definition) is 3. The van der Waals surface area contributed by atoms with Gasteiger partial charge in [0, 0.05) is 24.0 Å². The first-order valence-electron chi connectivity index (χ1n) is 6.57. The maximum Gasteiger partial charge on any atom is 0.138 e. The first-order chi connectivity index (χ1) is 9.40. The van der Waals surface area contributed by atoms with Crippen molar-refractivity contribution in [3.05, 3.63) is 42.2 Å². The molecular formula is C15H14N4. The smallest absolute Gasteiger partial charge is 0.138 e. The first-order valence-corrected chi connectivity index (χ1v) is 6.57. The summed E-state index contributed by atoms with van der Waals surface area (Å²) >= 11 is 0. The van der Waals surface area contributed by atoms with Gasteiger partial charge in [-0.3, -0.25) is 4.98 Å². The summed E-state index contributed by atoms with van der Waals surface area (Å²) in [6, 6.07) is 8.42. The molecule has 3 heterocycles. The molecule has 0 atom stereocenters. The van der Waals surface area contributed by atoms with E-state index in [1.807, 2.05) is 12.3 Å².